The van der Waals surface area contributed by atoms with Crippen molar-refractivity contribution >= 4 is 23.4 Å². The Morgan fingerprint density at radius 3 is 2.50 bits per heavy atom. The summed E-state index contributed by atoms with van der Waals surface area (Å²) in [5.41, 5.74) is 3.54. The molecule has 28 heavy (non-hydrogen) atoms. The molecule has 1 saturated heterocycles. The molecule has 0 unspecified atom stereocenters. The number of piperidine rings is 1. The summed E-state index contributed by atoms with van der Waals surface area (Å²) in [6.07, 6.45) is 7.32. The molecule has 6 heteroatoms. The van der Waals surface area contributed by atoms with Gasteiger partial charge in [-0.3, -0.25) is 9.47 Å². The average Bonchev–Trinajstić information content (AvgIpc) is 2.99. The molecule has 5 nitrogen and oxygen atoms in total. The molecular weight excluding hydrogens is 374 g/mol. The highest BCUT2D eigenvalue weighted by Crippen LogP contribution is 2.38. The minimum Gasteiger partial charge on any atom is -0.379 e. The van der Waals surface area contributed by atoms with Crippen LogP contribution in [0.2, 0.25) is 0 Å². The molecule has 156 valence electrons. The molecule has 1 N–H and O–H groups in total. The van der Waals surface area contributed by atoms with Crippen molar-refractivity contribution in [1.82, 2.24) is 14.5 Å². The van der Waals surface area contributed by atoms with E-state index in [1.165, 1.54) is 31.2 Å². The van der Waals surface area contributed by atoms with Gasteiger partial charge < -0.3 is 9.72 Å². The lowest BCUT2D eigenvalue weighted by atomic mass is 9.79. The first-order valence-corrected chi connectivity index (χ1v) is 10.6. The maximum absolute atomic E-state index is 12.6. The topological polar surface area (TPSA) is 50.3 Å². The highest BCUT2D eigenvalue weighted by Gasteiger charge is 2.38. The molecule has 0 spiro atoms. The number of rotatable bonds is 4. The molecule has 2 aliphatic rings. The van der Waals surface area contributed by atoms with Gasteiger partial charge in [-0.15, -0.1) is 12.4 Å². The fourth-order valence-corrected chi connectivity index (χ4v) is 5.19. The van der Waals surface area contributed by atoms with Crippen molar-refractivity contribution in [2.75, 3.05) is 19.7 Å². The average molecular weight is 408 g/mol. The molecule has 1 aliphatic heterocycles. The number of aryl methyl sites for hydroxylation is 1. The summed E-state index contributed by atoms with van der Waals surface area (Å²) in [7, 11) is 0. The van der Waals surface area contributed by atoms with Gasteiger partial charge in [0, 0.05) is 31.3 Å². The van der Waals surface area contributed by atoms with Crippen LogP contribution >= 0.6 is 12.4 Å². The zero-order valence-corrected chi connectivity index (χ0v) is 18.2. The zero-order valence-electron chi connectivity index (χ0n) is 17.4. The minimum atomic E-state index is 0. The van der Waals surface area contributed by atoms with Crippen LogP contribution in [0.25, 0.3) is 11.0 Å². The number of H-pyrrole nitrogens is 1. The zero-order chi connectivity index (χ0) is 19.0. The molecule has 1 aromatic carbocycles. The molecule has 0 amide bonds. The van der Waals surface area contributed by atoms with Gasteiger partial charge in [0.25, 0.3) is 0 Å². The van der Waals surface area contributed by atoms with Crippen molar-refractivity contribution < 1.29 is 4.74 Å². The highest BCUT2D eigenvalue weighted by atomic mass is 35.5. The second kappa shape index (κ2) is 8.60. The Morgan fingerprint density at radius 2 is 1.86 bits per heavy atom. The van der Waals surface area contributed by atoms with Crippen molar-refractivity contribution in [1.29, 1.82) is 0 Å². The van der Waals surface area contributed by atoms with Crippen LogP contribution in [-0.2, 0) is 4.74 Å². The van der Waals surface area contributed by atoms with Gasteiger partial charge >= 0.3 is 5.69 Å². The first kappa shape index (κ1) is 21.4. The highest BCUT2D eigenvalue weighted by molar-refractivity contribution is 5.85. The second-order valence-corrected chi connectivity index (χ2v) is 8.69. The Morgan fingerprint density at radius 1 is 1.18 bits per heavy atom. The third-order valence-electron chi connectivity index (χ3n) is 6.88. The lowest BCUT2D eigenvalue weighted by Crippen LogP contribution is -2.53. The quantitative estimate of drug-likeness (QED) is 0.815. The summed E-state index contributed by atoms with van der Waals surface area (Å²) in [6, 6.07) is 6.52. The van der Waals surface area contributed by atoms with Gasteiger partial charge in [-0.2, -0.15) is 0 Å². The molecule has 2 aromatic rings. The SMILES string of the molecule is CCO[C@H]1CC[C@](C)(N2CCC(n3c(=O)[nH]c4ccc(C)cc43)CC2)CC1.Cl. The number of nitrogens with one attached hydrogen (secondary N) is 1. The van der Waals surface area contributed by atoms with Crippen molar-refractivity contribution in [2.24, 2.45) is 0 Å². The van der Waals surface area contributed by atoms with E-state index in [1.54, 1.807) is 0 Å². The van der Waals surface area contributed by atoms with Crippen LogP contribution in [0.5, 0.6) is 0 Å². The number of ether oxygens (including phenoxy) is 1. The maximum Gasteiger partial charge on any atom is 0.326 e. The first-order valence-electron chi connectivity index (χ1n) is 10.6. The van der Waals surface area contributed by atoms with Crippen LogP contribution in [0.4, 0.5) is 0 Å². The predicted molar refractivity (Wildman–Crippen MR) is 117 cm³/mol. The normalized spacial score (nSPS) is 27.0. The molecule has 2 fully saturated rings. The maximum atomic E-state index is 12.6. The van der Waals surface area contributed by atoms with Gasteiger partial charge in [0.15, 0.2) is 0 Å². The molecule has 0 atom stereocenters. The van der Waals surface area contributed by atoms with Crippen LogP contribution < -0.4 is 5.69 Å². The van der Waals surface area contributed by atoms with Gasteiger partial charge in [-0.1, -0.05) is 6.07 Å². The Bertz CT molecular complexity index is 843. The third-order valence-corrected chi connectivity index (χ3v) is 6.88. The van der Waals surface area contributed by atoms with E-state index in [1.807, 2.05) is 10.6 Å². The number of aromatic amines is 1. The van der Waals surface area contributed by atoms with E-state index in [-0.39, 0.29) is 18.1 Å². The molecule has 1 aliphatic carbocycles. The van der Waals surface area contributed by atoms with Crippen molar-refractivity contribution in [2.45, 2.75) is 77.0 Å². The lowest BCUT2D eigenvalue weighted by Gasteiger charge is -2.48. The van der Waals surface area contributed by atoms with Gasteiger partial charge in [0.05, 0.1) is 17.1 Å². The Balaban J connectivity index is 0.00000225. The van der Waals surface area contributed by atoms with Crippen LogP contribution in [0.1, 0.15) is 64.0 Å². The monoisotopic (exact) mass is 407 g/mol. The number of fused-ring (bicyclic) bond motifs is 1. The van der Waals surface area contributed by atoms with Crippen molar-refractivity contribution in [3.05, 3.63) is 34.2 Å². The van der Waals surface area contributed by atoms with Crippen molar-refractivity contribution in [3.8, 4) is 0 Å². The number of hydrogen-bond acceptors (Lipinski definition) is 3. The van der Waals surface area contributed by atoms with Crippen LogP contribution in [0.15, 0.2) is 23.0 Å². The second-order valence-electron chi connectivity index (χ2n) is 8.69. The van der Waals surface area contributed by atoms with Crippen LogP contribution in [0.3, 0.4) is 0 Å². The number of hydrogen-bond donors (Lipinski definition) is 1. The van der Waals surface area contributed by atoms with E-state index in [0.29, 0.717) is 17.7 Å². The van der Waals surface area contributed by atoms with Crippen LogP contribution in [-0.4, -0.2) is 45.8 Å². The largest absolute Gasteiger partial charge is 0.379 e. The Kier molecular flexibility index (Phi) is 6.58. The number of nitrogens with zero attached hydrogens (tertiary/aromatic N) is 2. The summed E-state index contributed by atoms with van der Waals surface area (Å²) < 4.78 is 7.84. The number of benzene rings is 1. The fourth-order valence-electron chi connectivity index (χ4n) is 5.19. The fraction of sp³-hybridized carbons (Fsp3) is 0.682. The smallest absolute Gasteiger partial charge is 0.326 e. The van der Waals surface area contributed by atoms with Gasteiger partial charge in [-0.05, 0) is 77.0 Å². The standard InChI is InChI=1S/C22H33N3O2.ClH/c1-4-27-18-7-11-22(3,12-8-18)24-13-9-17(10-14-24)25-20-15-16(2)5-6-19(20)23-21(25)26;/h5-6,15,17-18H,4,7-14H2,1-3H3,(H,23,26);1H/t18-,22-;. The number of halogens is 1. The molecule has 1 saturated carbocycles. The number of likely N-dealkylation sites (tertiary alicyclic amines) is 1. The van der Waals surface area contributed by atoms with E-state index in [9.17, 15) is 4.79 Å². The molecule has 0 bridgehead atoms. The summed E-state index contributed by atoms with van der Waals surface area (Å²) in [5.74, 6) is 0. The van der Waals surface area contributed by atoms with E-state index in [4.69, 9.17) is 4.74 Å². The van der Waals surface area contributed by atoms with Gasteiger partial charge in [-0.25, -0.2) is 4.79 Å². The molecule has 4 rings (SSSR count). The molecule has 0 radical (unpaired) electrons. The van der Waals surface area contributed by atoms with Crippen molar-refractivity contribution in [3.63, 3.8) is 0 Å². The lowest BCUT2D eigenvalue weighted by molar-refractivity contribution is -0.0273. The Labute approximate surface area is 173 Å². The minimum absolute atomic E-state index is 0. The van der Waals surface area contributed by atoms with E-state index >= 15 is 0 Å². The van der Waals surface area contributed by atoms with Crippen LogP contribution in [0, 0.1) is 6.92 Å². The van der Waals surface area contributed by atoms with Gasteiger partial charge in [0.2, 0.25) is 0 Å². The summed E-state index contributed by atoms with van der Waals surface area (Å²) in [4.78, 5) is 18.3. The number of aromatic nitrogens is 2. The predicted octanol–water partition coefficient (Wildman–Crippen LogP) is 4.43. The summed E-state index contributed by atoms with van der Waals surface area (Å²) in [6.45, 7) is 9.58. The van der Waals surface area contributed by atoms with E-state index in [0.717, 1.165) is 43.6 Å². The molecular formula is C22H34ClN3O2. The molecule has 1 aromatic heterocycles. The van der Waals surface area contributed by atoms with E-state index < -0.39 is 0 Å². The number of imidazole rings is 1. The third kappa shape index (κ3) is 4.03. The van der Waals surface area contributed by atoms with E-state index in [2.05, 4.69) is 42.8 Å². The Hall–Kier alpha value is -1.30. The summed E-state index contributed by atoms with van der Waals surface area (Å²) >= 11 is 0. The molecule has 2 heterocycles. The summed E-state index contributed by atoms with van der Waals surface area (Å²) in [5, 5.41) is 0. The first-order chi connectivity index (χ1) is 13.0. The van der Waals surface area contributed by atoms with Gasteiger partial charge in [0.1, 0.15) is 0 Å².